The quantitative estimate of drug-likeness (QED) is 0.270. The number of likely N-dealkylation sites (tertiary alicyclic amines) is 1. The highest BCUT2D eigenvalue weighted by atomic mass is 127. The first-order valence-electron chi connectivity index (χ1n) is 9.47. The number of carbonyl (C=O) groups excluding carboxylic acids is 1. The standard InChI is InChI=1S/C18H33N3O4.HI/c1-4-19-17(20-14-18(23-3)8-11-24-12-9-18)21-10-6-7-15(13-21)16(22)25-5-2;/h15H,4-14H2,1-3H3,(H,19,20);1H. The number of rotatable bonds is 6. The van der Waals surface area contributed by atoms with Crippen LogP contribution in [0.5, 0.6) is 0 Å². The average molecular weight is 483 g/mol. The summed E-state index contributed by atoms with van der Waals surface area (Å²) >= 11 is 0. The van der Waals surface area contributed by atoms with Crippen molar-refractivity contribution < 1.29 is 19.0 Å². The van der Waals surface area contributed by atoms with Gasteiger partial charge in [0.15, 0.2) is 5.96 Å². The van der Waals surface area contributed by atoms with Gasteiger partial charge in [-0.2, -0.15) is 0 Å². The van der Waals surface area contributed by atoms with E-state index in [0.29, 0.717) is 32.9 Å². The summed E-state index contributed by atoms with van der Waals surface area (Å²) in [4.78, 5) is 19.1. The zero-order chi connectivity index (χ0) is 18.1. The average Bonchev–Trinajstić information content (AvgIpc) is 2.66. The monoisotopic (exact) mass is 483 g/mol. The molecule has 0 bridgehead atoms. The van der Waals surface area contributed by atoms with Crippen molar-refractivity contribution in [3.05, 3.63) is 0 Å². The molecule has 2 aliphatic rings. The Labute approximate surface area is 174 Å². The van der Waals surface area contributed by atoms with Crippen LogP contribution in [0.15, 0.2) is 4.99 Å². The SMILES string of the molecule is CCNC(=NCC1(OC)CCOCC1)N1CCCC(C(=O)OCC)C1.I. The molecule has 2 aliphatic heterocycles. The number of hydrogen-bond acceptors (Lipinski definition) is 5. The van der Waals surface area contributed by atoms with Crippen molar-refractivity contribution in [1.29, 1.82) is 0 Å². The third-order valence-electron chi connectivity index (χ3n) is 5.03. The van der Waals surface area contributed by atoms with Crippen LogP contribution < -0.4 is 5.32 Å². The van der Waals surface area contributed by atoms with Crippen molar-refractivity contribution in [2.75, 3.05) is 53.1 Å². The largest absolute Gasteiger partial charge is 0.466 e. The van der Waals surface area contributed by atoms with Gasteiger partial charge in [0.05, 0.1) is 24.7 Å². The van der Waals surface area contributed by atoms with Crippen molar-refractivity contribution in [1.82, 2.24) is 10.2 Å². The van der Waals surface area contributed by atoms with E-state index in [9.17, 15) is 4.79 Å². The lowest BCUT2D eigenvalue weighted by atomic mass is 9.94. The Morgan fingerprint density at radius 3 is 2.69 bits per heavy atom. The van der Waals surface area contributed by atoms with Crippen LogP contribution in [0.4, 0.5) is 0 Å². The second-order valence-corrected chi connectivity index (χ2v) is 6.71. The lowest BCUT2D eigenvalue weighted by molar-refractivity contribution is -0.149. The van der Waals surface area contributed by atoms with Gasteiger partial charge in [0.1, 0.15) is 0 Å². The van der Waals surface area contributed by atoms with Gasteiger partial charge >= 0.3 is 5.97 Å². The lowest BCUT2D eigenvalue weighted by Crippen LogP contribution is -2.49. The molecule has 8 heteroatoms. The molecule has 0 aromatic heterocycles. The molecule has 2 fully saturated rings. The minimum absolute atomic E-state index is 0. The van der Waals surface area contributed by atoms with E-state index in [1.807, 2.05) is 6.92 Å². The number of piperidine rings is 1. The number of methoxy groups -OCH3 is 1. The first kappa shape index (κ1) is 23.4. The Bertz CT molecular complexity index is 456. The molecule has 2 saturated heterocycles. The number of carbonyl (C=O) groups is 1. The molecular weight excluding hydrogens is 449 g/mol. The molecular formula is C18H34IN3O4. The van der Waals surface area contributed by atoms with Crippen LogP contribution in [0.3, 0.4) is 0 Å². The fourth-order valence-corrected chi connectivity index (χ4v) is 3.44. The van der Waals surface area contributed by atoms with Crippen molar-refractivity contribution >= 4 is 35.9 Å². The summed E-state index contributed by atoms with van der Waals surface area (Å²) in [7, 11) is 1.76. The van der Waals surface area contributed by atoms with E-state index in [2.05, 4.69) is 17.1 Å². The normalized spacial score (nSPS) is 23.1. The second-order valence-electron chi connectivity index (χ2n) is 6.71. The molecule has 0 aromatic carbocycles. The molecule has 152 valence electrons. The van der Waals surface area contributed by atoms with E-state index in [4.69, 9.17) is 19.2 Å². The molecule has 0 aromatic rings. The van der Waals surface area contributed by atoms with Crippen LogP contribution in [0, 0.1) is 5.92 Å². The van der Waals surface area contributed by atoms with Crippen LogP contribution in [-0.2, 0) is 19.0 Å². The van der Waals surface area contributed by atoms with Crippen LogP contribution in [0.25, 0.3) is 0 Å². The van der Waals surface area contributed by atoms with Gasteiger partial charge in [-0.05, 0) is 26.7 Å². The highest BCUT2D eigenvalue weighted by molar-refractivity contribution is 14.0. The number of hydrogen-bond donors (Lipinski definition) is 1. The lowest BCUT2D eigenvalue weighted by Gasteiger charge is -2.37. The first-order valence-corrected chi connectivity index (χ1v) is 9.47. The maximum Gasteiger partial charge on any atom is 0.310 e. The van der Waals surface area contributed by atoms with Gasteiger partial charge in [0.25, 0.3) is 0 Å². The molecule has 0 radical (unpaired) electrons. The van der Waals surface area contributed by atoms with Crippen molar-refractivity contribution in [2.45, 2.75) is 45.1 Å². The Morgan fingerprint density at radius 1 is 1.35 bits per heavy atom. The molecule has 0 aliphatic carbocycles. The van der Waals surface area contributed by atoms with E-state index < -0.39 is 0 Å². The molecule has 1 unspecified atom stereocenters. The molecule has 2 heterocycles. The third kappa shape index (κ3) is 6.53. The summed E-state index contributed by atoms with van der Waals surface area (Å²) in [6, 6.07) is 0. The van der Waals surface area contributed by atoms with E-state index in [0.717, 1.165) is 44.7 Å². The van der Waals surface area contributed by atoms with E-state index in [-0.39, 0.29) is 41.5 Å². The van der Waals surface area contributed by atoms with Gasteiger partial charge in [0, 0.05) is 52.8 Å². The van der Waals surface area contributed by atoms with Crippen LogP contribution >= 0.6 is 24.0 Å². The molecule has 0 saturated carbocycles. The second kappa shape index (κ2) is 12.0. The predicted octanol–water partition coefficient (Wildman–Crippen LogP) is 2.04. The molecule has 0 spiro atoms. The molecule has 7 nitrogen and oxygen atoms in total. The maximum absolute atomic E-state index is 12.1. The summed E-state index contributed by atoms with van der Waals surface area (Å²) < 4.78 is 16.4. The number of halogens is 1. The van der Waals surface area contributed by atoms with E-state index in [1.165, 1.54) is 0 Å². The van der Waals surface area contributed by atoms with Crippen LogP contribution in [0.1, 0.15) is 39.5 Å². The molecule has 2 rings (SSSR count). The number of esters is 1. The van der Waals surface area contributed by atoms with Crippen molar-refractivity contribution in [2.24, 2.45) is 10.9 Å². The van der Waals surface area contributed by atoms with E-state index in [1.54, 1.807) is 7.11 Å². The van der Waals surface area contributed by atoms with Gasteiger partial charge in [-0.15, -0.1) is 24.0 Å². The zero-order valence-corrected chi connectivity index (χ0v) is 18.6. The van der Waals surface area contributed by atoms with Crippen molar-refractivity contribution in [3.8, 4) is 0 Å². The summed E-state index contributed by atoms with van der Waals surface area (Å²) in [6.07, 6.45) is 3.57. The number of nitrogens with zero attached hydrogens (tertiary/aromatic N) is 2. The van der Waals surface area contributed by atoms with Gasteiger partial charge in [-0.25, -0.2) is 0 Å². The predicted molar refractivity (Wildman–Crippen MR) is 112 cm³/mol. The summed E-state index contributed by atoms with van der Waals surface area (Å²) in [5.74, 6) is 0.692. The topological polar surface area (TPSA) is 72.4 Å². The molecule has 1 N–H and O–H groups in total. The van der Waals surface area contributed by atoms with Crippen LogP contribution in [0.2, 0.25) is 0 Å². The number of nitrogens with one attached hydrogen (secondary N) is 1. The Hall–Kier alpha value is -0.610. The minimum atomic E-state index is -0.241. The highest BCUT2D eigenvalue weighted by Crippen LogP contribution is 2.25. The highest BCUT2D eigenvalue weighted by Gasteiger charge is 2.33. The fraction of sp³-hybridized carbons (Fsp3) is 0.889. The number of guanidine groups is 1. The van der Waals surface area contributed by atoms with Gasteiger partial charge in [-0.3, -0.25) is 9.79 Å². The van der Waals surface area contributed by atoms with Gasteiger partial charge < -0.3 is 24.4 Å². The first-order chi connectivity index (χ1) is 12.1. The third-order valence-corrected chi connectivity index (χ3v) is 5.03. The zero-order valence-electron chi connectivity index (χ0n) is 16.3. The van der Waals surface area contributed by atoms with E-state index >= 15 is 0 Å². The summed E-state index contributed by atoms with van der Waals surface area (Å²) in [5.41, 5.74) is -0.241. The fourth-order valence-electron chi connectivity index (χ4n) is 3.44. The van der Waals surface area contributed by atoms with Crippen molar-refractivity contribution in [3.63, 3.8) is 0 Å². The smallest absolute Gasteiger partial charge is 0.310 e. The van der Waals surface area contributed by atoms with Crippen LogP contribution in [-0.4, -0.2) is 75.5 Å². The summed E-state index contributed by atoms with van der Waals surface area (Å²) in [5, 5.41) is 3.36. The molecule has 0 amide bonds. The Balaban J connectivity index is 0.00000338. The number of aliphatic imine (C=N–C) groups is 1. The number of ether oxygens (including phenoxy) is 3. The summed E-state index contributed by atoms with van der Waals surface area (Å²) in [6.45, 7) is 8.74. The molecule has 26 heavy (non-hydrogen) atoms. The van der Waals surface area contributed by atoms with Gasteiger partial charge in [0.2, 0.25) is 0 Å². The Morgan fingerprint density at radius 2 is 2.08 bits per heavy atom. The Kier molecular flexibility index (Phi) is 10.8. The molecule has 1 atom stereocenters. The van der Waals surface area contributed by atoms with Gasteiger partial charge in [-0.1, -0.05) is 0 Å². The maximum atomic E-state index is 12.1. The minimum Gasteiger partial charge on any atom is -0.466 e.